The van der Waals surface area contributed by atoms with Gasteiger partial charge in [0.2, 0.25) is 5.91 Å². The van der Waals surface area contributed by atoms with Crippen molar-refractivity contribution in [3.63, 3.8) is 0 Å². The molecule has 0 radical (unpaired) electrons. The highest BCUT2D eigenvalue weighted by atomic mass is 16.7. The van der Waals surface area contributed by atoms with Gasteiger partial charge in [-0.15, -0.1) is 0 Å². The summed E-state index contributed by atoms with van der Waals surface area (Å²) in [7, 11) is 0. The molecule has 1 aliphatic heterocycles. The molecule has 25 heavy (non-hydrogen) atoms. The van der Waals surface area contributed by atoms with Gasteiger partial charge in [-0.2, -0.15) is 0 Å². The molecule has 0 aromatic rings. The lowest BCUT2D eigenvalue weighted by atomic mass is 9.98. The first-order valence-corrected chi connectivity index (χ1v) is 7.68. The Labute approximate surface area is 143 Å². The van der Waals surface area contributed by atoms with Crippen LogP contribution in [0, 0.1) is 0 Å². The fraction of sp³-hybridized carbons (Fsp3) is 0.857. The van der Waals surface area contributed by atoms with E-state index in [1.165, 1.54) is 6.92 Å². The zero-order valence-corrected chi connectivity index (χ0v) is 13.8. The number of amides is 1. The third-order valence-electron chi connectivity index (χ3n) is 3.89. The van der Waals surface area contributed by atoms with E-state index in [1.54, 1.807) is 0 Å². The van der Waals surface area contributed by atoms with Crippen LogP contribution in [0.1, 0.15) is 13.8 Å². The number of aldehydes is 1. The standard InChI is InChI=1S/C14H25NO10/c1-5-9(20)11(22)12(23)14(24-5)25-13(10(21)8(19)4-17)7(3-16)15-6(2)18/h3,5,7-14,17,19-23H,4H2,1-2H3,(H,15,18)/t5-,7-,8+,9-,10+,11+,12+,13+,14?/m0/s1. The summed E-state index contributed by atoms with van der Waals surface area (Å²) in [5.41, 5.74) is 0. The molecule has 0 aliphatic carbocycles. The Hall–Kier alpha value is -1.18. The summed E-state index contributed by atoms with van der Waals surface area (Å²) in [6.07, 6.45) is -12.2. The molecular weight excluding hydrogens is 342 g/mol. The second-order valence-electron chi connectivity index (χ2n) is 5.88. The highest BCUT2D eigenvalue weighted by Gasteiger charge is 2.45. The molecule has 9 atom stereocenters. The van der Waals surface area contributed by atoms with Crippen LogP contribution in [0.25, 0.3) is 0 Å². The van der Waals surface area contributed by atoms with Crippen LogP contribution in [-0.4, -0.2) is 104 Å². The van der Waals surface area contributed by atoms with E-state index in [2.05, 4.69) is 5.32 Å². The van der Waals surface area contributed by atoms with Crippen molar-refractivity contribution in [2.45, 2.75) is 68.9 Å². The number of carbonyl (C=O) groups is 2. The van der Waals surface area contributed by atoms with E-state index in [0.717, 1.165) is 6.92 Å². The summed E-state index contributed by atoms with van der Waals surface area (Å²) in [5.74, 6) is -0.634. The van der Waals surface area contributed by atoms with E-state index in [-0.39, 0.29) is 6.29 Å². The minimum atomic E-state index is -1.83. The second kappa shape index (κ2) is 9.50. The van der Waals surface area contributed by atoms with Crippen molar-refractivity contribution in [1.29, 1.82) is 0 Å². The van der Waals surface area contributed by atoms with Gasteiger partial charge >= 0.3 is 0 Å². The predicted molar refractivity (Wildman–Crippen MR) is 80.0 cm³/mol. The van der Waals surface area contributed by atoms with Gasteiger partial charge in [0.1, 0.15) is 49.0 Å². The fourth-order valence-corrected chi connectivity index (χ4v) is 2.41. The molecule has 0 bridgehead atoms. The molecule has 1 rings (SSSR count). The molecule has 1 amide bonds. The van der Waals surface area contributed by atoms with Crippen molar-refractivity contribution in [2.24, 2.45) is 0 Å². The maximum absolute atomic E-state index is 11.3. The molecule has 0 aromatic carbocycles. The summed E-state index contributed by atoms with van der Waals surface area (Å²) in [6, 6.07) is -1.44. The lowest BCUT2D eigenvalue weighted by Crippen LogP contribution is -2.61. The first kappa shape index (κ1) is 21.9. The average Bonchev–Trinajstić information content (AvgIpc) is 2.58. The highest BCUT2D eigenvalue weighted by molar-refractivity contribution is 5.77. The van der Waals surface area contributed by atoms with E-state index in [0.29, 0.717) is 0 Å². The molecule has 1 heterocycles. The fourth-order valence-electron chi connectivity index (χ4n) is 2.41. The van der Waals surface area contributed by atoms with E-state index in [4.69, 9.17) is 14.6 Å². The number of hydrogen-bond acceptors (Lipinski definition) is 10. The first-order valence-electron chi connectivity index (χ1n) is 7.68. The number of aliphatic hydroxyl groups is 6. The summed E-state index contributed by atoms with van der Waals surface area (Å²) >= 11 is 0. The number of nitrogens with one attached hydrogen (secondary N) is 1. The average molecular weight is 367 g/mol. The molecule has 0 aromatic heterocycles. The van der Waals surface area contributed by atoms with Crippen molar-refractivity contribution in [2.75, 3.05) is 6.61 Å². The summed E-state index contributed by atoms with van der Waals surface area (Å²) in [5, 5.41) is 60.3. The van der Waals surface area contributed by atoms with Crippen molar-refractivity contribution in [3.05, 3.63) is 0 Å². The largest absolute Gasteiger partial charge is 0.394 e. The van der Waals surface area contributed by atoms with Crippen molar-refractivity contribution in [1.82, 2.24) is 5.32 Å². The van der Waals surface area contributed by atoms with Crippen LogP contribution < -0.4 is 5.32 Å². The van der Waals surface area contributed by atoms with Crippen molar-refractivity contribution in [3.8, 4) is 0 Å². The normalized spacial score (nSPS) is 34.6. The molecule has 7 N–H and O–H groups in total. The Morgan fingerprint density at radius 1 is 1.24 bits per heavy atom. The van der Waals surface area contributed by atoms with Gasteiger partial charge in [0.15, 0.2) is 6.29 Å². The van der Waals surface area contributed by atoms with Crippen LogP contribution in [0.3, 0.4) is 0 Å². The number of ether oxygens (including phenoxy) is 2. The third kappa shape index (κ3) is 5.39. The van der Waals surface area contributed by atoms with Crippen LogP contribution in [-0.2, 0) is 19.1 Å². The van der Waals surface area contributed by atoms with Gasteiger partial charge in [0.05, 0.1) is 12.7 Å². The maximum atomic E-state index is 11.3. The summed E-state index contributed by atoms with van der Waals surface area (Å²) < 4.78 is 10.5. The number of rotatable bonds is 8. The van der Waals surface area contributed by atoms with Gasteiger partial charge in [0, 0.05) is 6.92 Å². The van der Waals surface area contributed by atoms with E-state index in [1.807, 2.05) is 0 Å². The van der Waals surface area contributed by atoms with Crippen LogP contribution in [0.5, 0.6) is 0 Å². The van der Waals surface area contributed by atoms with E-state index >= 15 is 0 Å². The molecule has 1 unspecified atom stereocenters. The lowest BCUT2D eigenvalue weighted by molar-refractivity contribution is -0.314. The molecule has 1 aliphatic rings. The topological polar surface area (TPSA) is 186 Å². The Bertz CT molecular complexity index is 449. The van der Waals surface area contributed by atoms with Gasteiger partial charge in [-0.25, -0.2) is 0 Å². The minimum Gasteiger partial charge on any atom is -0.394 e. The third-order valence-corrected chi connectivity index (χ3v) is 3.89. The zero-order chi connectivity index (χ0) is 19.3. The van der Waals surface area contributed by atoms with Crippen LogP contribution in [0.15, 0.2) is 0 Å². The van der Waals surface area contributed by atoms with E-state index < -0.39 is 67.6 Å². The van der Waals surface area contributed by atoms with Gasteiger partial charge in [-0.05, 0) is 6.92 Å². The SMILES string of the molecule is CC(=O)N[C@@H](C=O)[C@@H](OC1O[C@@H](C)[C@H](O)[C@@H](O)[C@H]1O)[C@H](O)[C@H](O)CO. The smallest absolute Gasteiger partial charge is 0.217 e. The van der Waals surface area contributed by atoms with Gasteiger partial charge < -0.3 is 50.2 Å². The molecule has 11 heteroatoms. The Morgan fingerprint density at radius 2 is 1.84 bits per heavy atom. The van der Waals surface area contributed by atoms with Crippen LogP contribution >= 0.6 is 0 Å². The van der Waals surface area contributed by atoms with Crippen LogP contribution in [0.2, 0.25) is 0 Å². The quantitative estimate of drug-likeness (QED) is 0.207. The molecule has 1 fully saturated rings. The molecule has 1 saturated heterocycles. The number of carbonyl (C=O) groups excluding carboxylic acids is 2. The summed E-state index contributed by atoms with van der Waals surface area (Å²) in [4.78, 5) is 22.5. The zero-order valence-electron chi connectivity index (χ0n) is 13.8. The molecule has 146 valence electrons. The minimum absolute atomic E-state index is 0.239. The molecular formula is C14H25NO10. The molecule has 0 spiro atoms. The lowest BCUT2D eigenvalue weighted by Gasteiger charge is -2.42. The maximum Gasteiger partial charge on any atom is 0.217 e. The molecule has 11 nitrogen and oxygen atoms in total. The van der Waals surface area contributed by atoms with Crippen molar-refractivity contribution >= 4 is 12.2 Å². The summed E-state index contributed by atoms with van der Waals surface area (Å²) in [6.45, 7) is 1.64. The monoisotopic (exact) mass is 367 g/mol. The van der Waals surface area contributed by atoms with Crippen molar-refractivity contribution < 1.29 is 49.7 Å². The van der Waals surface area contributed by atoms with Gasteiger partial charge in [-0.1, -0.05) is 0 Å². The van der Waals surface area contributed by atoms with Gasteiger partial charge in [0.25, 0.3) is 0 Å². The van der Waals surface area contributed by atoms with E-state index in [9.17, 15) is 35.1 Å². The predicted octanol–water partition coefficient (Wildman–Crippen LogP) is -4.38. The Morgan fingerprint density at radius 3 is 2.32 bits per heavy atom. The Balaban J connectivity index is 3.02. The van der Waals surface area contributed by atoms with Crippen LogP contribution in [0.4, 0.5) is 0 Å². The Kier molecular flexibility index (Phi) is 8.31. The number of hydrogen-bond donors (Lipinski definition) is 7. The highest BCUT2D eigenvalue weighted by Crippen LogP contribution is 2.24. The number of aliphatic hydroxyl groups excluding tert-OH is 6. The first-order chi connectivity index (χ1) is 11.6. The van der Waals surface area contributed by atoms with Gasteiger partial charge in [-0.3, -0.25) is 4.79 Å². The second-order valence-corrected chi connectivity index (χ2v) is 5.88. The molecule has 0 saturated carbocycles.